The molecule has 1 aromatic heterocycles. The van der Waals surface area contributed by atoms with Crippen molar-refractivity contribution < 1.29 is 14.3 Å². The van der Waals surface area contributed by atoms with Crippen LogP contribution in [0.2, 0.25) is 4.34 Å². The van der Waals surface area contributed by atoms with E-state index in [0.29, 0.717) is 23.9 Å². The minimum atomic E-state index is -0.0550. The maximum atomic E-state index is 6.03. The molecular weight excluding hydrogens is 336 g/mol. The second kappa shape index (κ2) is 6.70. The van der Waals surface area contributed by atoms with Gasteiger partial charge in [-0.05, 0) is 29.8 Å². The Kier molecular flexibility index (Phi) is 4.66. The highest BCUT2D eigenvalue weighted by Gasteiger charge is 2.29. The van der Waals surface area contributed by atoms with Gasteiger partial charge in [0.1, 0.15) is 6.04 Å². The molecule has 3 rings (SSSR count). The molecule has 2 heterocycles. The van der Waals surface area contributed by atoms with E-state index in [1.807, 2.05) is 41.5 Å². The van der Waals surface area contributed by atoms with E-state index < -0.39 is 0 Å². The molecule has 0 bridgehead atoms. The number of rotatable bonds is 5. The largest absolute Gasteiger partial charge is 0.493 e. The smallest absolute Gasteiger partial charge is 0.207 e. The van der Waals surface area contributed by atoms with Crippen molar-refractivity contribution in [3.8, 4) is 11.5 Å². The first kappa shape index (κ1) is 16.0. The quantitative estimate of drug-likeness (QED) is 0.889. The predicted molar refractivity (Wildman–Crippen MR) is 90.5 cm³/mol. The Labute approximate surface area is 143 Å². The van der Waals surface area contributed by atoms with Gasteiger partial charge in [-0.15, -0.1) is 16.4 Å². The third-order valence-electron chi connectivity index (χ3n) is 3.53. The summed E-state index contributed by atoms with van der Waals surface area (Å²) in [5.74, 6) is 1.76. The van der Waals surface area contributed by atoms with Crippen molar-refractivity contribution in [1.29, 1.82) is 0 Å². The topological polar surface area (TPSA) is 57.0 Å². The number of benzene rings is 1. The first-order chi connectivity index (χ1) is 11.1. The van der Waals surface area contributed by atoms with Gasteiger partial charge in [0.25, 0.3) is 0 Å². The van der Waals surface area contributed by atoms with Gasteiger partial charge in [0.05, 0.1) is 25.1 Å². The van der Waals surface area contributed by atoms with Gasteiger partial charge in [-0.2, -0.15) is 0 Å². The van der Waals surface area contributed by atoms with E-state index in [0.717, 1.165) is 14.8 Å². The Hall–Kier alpha value is -1.89. The number of nitrogens with two attached hydrogens (primary N) is 1. The zero-order valence-electron chi connectivity index (χ0n) is 12.8. The van der Waals surface area contributed by atoms with Crippen molar-refractivity contribution >= 4 is 22.9 Å². The highest BCUT2D eigenvalue weighted by atomic mass is 35.5. The van der Waals surface area contributed by atoms with Crippen molar-refractivity contribution in [2.45, 2.75) is 12.6 Å². The van der Waals surface area contributed by atoms with Crippen LogP contribution in [-0.4, -0.2) is 19.3 Å². The fraction of sp³-hybridized carbons (Fsp3) is 0.250. The van der Waals surface area contributed by atoms with Crippen LogP contribution in [0.15, 0.2) is 42.3 Å². The van der Waals surface area contributed by atoms with Crippen LogP contribution in [0.3, 0.4) is 0 Å². The Balaban J connectivity index is 1.81. The van der Waals surface area contributed by atoms with E-state index >= 15 is 0 Å². The Morgan fingerprint density at radius 3 is 2.65 bits per heavy atom. The lowest BCUT2D eigenvalue weighted by molar-refractivity contribution is -0.127. The molecule has 1 aromatic carbocycles. The van der Waals surface area contributed by atoms with Crippen molar-refractivity contribution in [2.24, 2.45) is 5.73 Å². The minimum absolute atomic E-state index is 0.0550. The van der Waals surface area contributed by atoms with Gasteiger partial charge in [0.15, 0.2) is 11.5 Å². The van der Waals surface area contributed by atoms with Gasteiger partial charge in [0.2, 0.25) is 5.88 Å². The molecular formula is C16H17ClN2O3S. The van der Waals surface area contributed by atoms with E-state index in [-0.39, 0.29) is 6.04 Å². The Morgan fingerprint density at radius 1 is 1.22 bits per heavy atom. The van der Waals surface area contributed by atoms with E-state index in [4.69, 9.17) is 31.6 Å². The van der Waals surface area contributed by atoms with Crippen molar-refractivity contribution in [1.82, 2.24) is 5.06 Å². The lowest BCUT2D eigenvalue weighted by Crippen LogP contribution is -2.22. The molecule has 5 nitrogen and oxygen atoms in total. The number of hydroxylamine groups is 2. The molecule has 2 aromatic rings. The summed E-state index contributed by atoms with van der Waals surface area (Å²) in [5.41, 5.74) is 6.87. The summed E-state index contributed by atoms with van der Waals surface area (Å²) in [6, 6.07) is 9.57. The number of ether oxygens (including phenoxy) is 2. The zero-order chi connectivity index (χ0) is 16.4. The van der Waals surface area contributed by atoms with Gasteiger partial charge in [-0.1, -0.05) is 17.7 Å². The van der Waals surface area contributed by atoms with Crippen LogP contribution in [0.1, 0.15) is 16.5 Å². The molecule has 7 heteroatoms. The first-order valence-corrected chi connectivity index (χ1v) is 8.18. The summed E-state index contributed by atoms with van der Waals surface area (Å²) in [4.78, 5) is 6.71. The maximum Gasteiger partial charge on any atom is 0.207 e. The Bertz CT molecular complexity index is 732. The molecule has 0 amide bonds. The number of hydrogen-bond acceptors (Lipinski definition) is 6. The van der Waals surface area contributed by atoms with Gasteiger partial charge in [-0.25, -0.2) is 0 Å². The number of thiophene rings is 1. The first-order valence-electron chi connectivity index (χ1n) is 6.98. The summed E-state index contributed by atoms with van der Waals surface area (Å²) in [5, 5.41) is 1.82. The summed E-state index contributed by atoms with van der Waals surface area (Å²) in [6.07, 6.45) is 1.88. The third-order valence-corrected chi connectivity index (χ3v) is 4.83. The van der Waals surface area contributed by atoms with Crippen LogP contribution in [0.4, 0.5) is 0 Å². The molecule has 0 radical (unpaired) electrons. The van der Waals surface area contributed by atoms with Crippen LogP contribution in [0, 0.1) is 0 Å². The Morgan fingerprint density at radius 2 is 2.00 bits per heavy atom. The lowest BCUT2D eigenvalue weighted by atomic mass is 10.1. The molecule has 1 aliphatic rings. The molecule has 0 fully saturated rings. The molecule has 0 saturated carbocycles. The predicted octanol–water partition coefficient (Wildman–Crippen LogP) is 3.71. The molecule has 1 aliphatic heterocycles. The molecule has 1 atom stereocenters. The van der Waals surface area contributed by atoms with Crippen molar-refractivity contribution in [3.05, 3.63) is 57.1 Å². The number of nitrogens with zero attached hydrogens (tertiary/aromatic N) is 1. The van der Waals surface area contributed by atoms with E-state index in [9.17, 15) is 0 Å². The van der Waals surface area contributed by atoms with Crippen LogP contribution in [0.5, 0.6) is 11.5 Å². The molecule has 0 spiro atoms. The molecule has 0 saturated heterocycles. The highest BCUT2D eigenvalue weighted by molar-refractivity contribution is 7.16. The lowest BCUT2D eigenvalue weighted by Gasteiger charge is -2.22. The maximum absolute atomic E-state index is 6.03. The minimum Gasteiger partial charge on any atom is -0.493 e. The van der Waals surface area contributed by atoms with Crippen LogP contribution < -0.4 is 15.2 Å². The van der Waals surface area contributed by atoms with E-state index in [1.165, 1.54) is 11.3 Å². The van der Waals surface area contributed by atoms with E-state index in [1.54, 1.807) is 14.2 Å². The fourth-order valence-corrected chi connectivity index (χ4v) is 3.60. The zero-order valence-corrected chi connectivity index (χ0v) is 14.4. The van der Waals surface area contributed by atoms with E-state index in [2.05, 4.69) is 0 Å². The van der Waals surface area contributed by atoms with Crippen LogP contribution >= 0.6 is 22.9 Å². The summed E-state index contributed by atoms with van der Waals surface area (Å²) in [6.45, 7) is 0.553. The van der Waals surface area contributed by atoms with Crippen molar-refractivity contribution in [3.63, 3.8) is 0 Å². The van der Waals surface area contributed by atoms with Crippen molar-refractivity contribution in [2.75, 3.05) is 14.2 Å². The number of methoxy groups -OCH3 is 2. The van der Waals surface area contributed by atoms with Gasteiger partial charge < -0.3 is 20.0 Å². The molecule has 122 valence electrons. The molecule has 0 aliphatic carbocycles. The second-order valence-corrected chi connectivity index (χ2v) is 6.76. The average Bonchev–Trinajstić information content (AvgIpc) is 3.12. The van der Waals surface area contributed by atoms with Crippen LogP contribution in [0.25, 0.3) is 0 Å². The van der Waals surface area contributed by atoms with Gasteiger partial charge in [0, 0.05) is 11.0 Å². The molecule has 1 unspecified atom stereocenters. The normalized spacial score (nSPS) is 17.7. The van der Waals surface area contributed by atoms with Gasteiger partial charge >= 0.3 is 0 Å². The summed E-state index contributed by atoms with van der Waals surface area (Å²) in [7, 11) is 3.23. The molecule has 2 N–H and O–H groups in total. The SMILES string of the molecule is COc1ccc(CN2OC(N)=CC2c2ccc(Cl)s2)cc1OC. The molecule has 23 heavy (non-hydrogen) atoms. The van der Waals surface area contributed by atoms with Crippen LogP contribution in [-0.2, 0) is 11.4 Å². The monoisotopic (exact) mass is 352 g/mol. The summed E-state index contributed by atoms with van der Waals surface area (Å²) >= 11 is 7.55. The highest BCUT2D eigenvalue weighted by Crippen LogP contribution is 2.37. The second-order valence-electron chi connectivity index (χ2n) is 5.01. The number of halogens is 1. The third kappa shape index (κ3) is 3.39. The fourth-order valence-electron chi connectivity index (χ4n) is 2.46. The summed E-state index contributed by atoms with van der Waals surface area (Å²) < 4.78 is 11.3. The standard InChI is InChI=1S/C16H17ClN2O3S/c1-20-12-4-3-10(7-13(12)21-2)9-19-11(8-16(18)22-19)14-5-6-15(17)23-14/h3-8,11H,9,18H2,1-2H3. The van der Waals surface area contributed by atoms with Gasteiger partial charge in [-0.3, -0.25) is 0 Å². The number of hydrogen-bond donors (Lipinski definition) is 1. The average molecular weight is 353 g/mol.